The molecule has 10 nitrogen and oxygen atoms in total. The normalized spacial score (nSPS) is 16.8. The Morgan fingerprint density at radius 2 is 1.89 bits per heavy atom. The second-order valence-electron chi connectivity index (χ2n) is 12.5. The number of hydrogen-bond donors (Lipinski definition) is 3. The maximum Gasteiger partial charge on any atom is 0.407 e. The van der Waals surface area contributed by atoms with Gasteiger partial charge in [0.05, 0.1) is 39.4 Å². The van der Waals surface area contributed by atoms with Crippen molar-refractivity contribution in [1.29, 1.82) is 0 Å². The number of halogens is 2. The molecule has 1 amide bonds. The lowest BCUT2D eigenvalue weighted by molar-refractivity contribution is 0.0499. The van der Waals surface area contributed by atoms with E-state index in [1.54, 1.807) is 24.5 Å². The summed E-state index contributed by atoms with van der Waals surface area (Å²) in [6.45, 7) is 6.90. The van der Waals surface area contributed by atoms with Crippen molar-refractivity contribution in [1.82, 2.24) is 20.3 Å². The molecule has 6 rings (SSSR count). The maximum absolute atomic E-state index is 14.3. The number of hydrogen-bond acceptors (Lipinski definition) is 9. The van der Waals surface area contributed by atoms with Crippen LogP contribution in [0.25, 0.3) is 22.3 Å². The van der Waals surface area contributed by atoms with Gasteiger partial charge >= 0.3 is 6.09 Å². The van der Waals surface area contributed by atoms with Gasteiger partial charge in [-0.3, -0.25) is 9.78 Å². The number of aromatic nitrogens is 3. The van der Waals surface area contributed by atoms with E-state index in [0.29, 0.717) is 45.8 Å². The third-order valence-corrected chi connectivity index (χ3v) is 8.01. The van der Waals surface area contributed by atoms with Crippen LogP contribution in [0.15, 0.2) is 48.8 Å². The van der Waals surface area contributed by atoms with Gasteiger partial charge in [0.15, 0.2) is 17.3 Å². The number of phenolic OH excluding ortho intramolecular Hbond substituents is 1. The average molecular weight is 633 g/mol. The number of amides is 1. The Kier molecular flexibility index (Phi) is 8.22. The number of carbonyl (C=O) groups excluding carboxylic acids is 2. The van der Waals surface area contributed by atoms with E-state index in [0.717, 1.165) is 44.1 Å². The van der Waals surface area contributed by atoms with E-state index in [1.807, 2.05) is 32.9 Å². The number of ether oxygens (including phenoxy) is 1. The number of benzene rings is 1. The van der Waals surface area contributed by atoms with Gasteiger partial charge in [-0.05, 0) is 82.9 Å². The number of pyridine rings is 3. The van der Waals surface area contributed by atoms with Crippen molar-refractivity contribution in [2.75, 3.05) is 23.3 Å². The van der Waals surface area contributed by atoms with Gasteiger partial charge in [0.2, 0.25) is 0 Å². The zero-order chi connectivity index (χ0) is 31.9. The van der Waals surface area contributed by atoms with Crippen LogP contribution in [0.4, 0.5) is 26.4 Å². The summed E-state index contributed by atoms with van der Waals surface area (Å²) in [6, 6.07) is 9.73. The molecule has 0 radical (unpaired) electrons. The molecule has 1 aromatic carbocycles. The van der Waals surface area contributed by atoms with E-state index in [-0.39, 0.29) is 22.8 Å². The van der Waals surface area contributed by atoms with Crippen LogP contribution in [0.1, 0.15) is 56.8 Å². The summed E-state index contributed by atoms with van der Waals surface area (Å²) in [4.78, 5) is 41.7. The smallest absolute Gasteiger partial charge is 0.407 e. The number of alkyl carbamates (subject to hydrolysis) is 1. The standard InChI is InChI=1S/C33H34ClFN6O4/c1-33(2,3)45-32(44)39-21-5-4-12-41(17-21)27-11-8-20(15-37-27)38-28-22(30(42)18-6-7-18)16-36-26-10-9-25(40-29(26)28)19-13-23(34)31(43)24(35)14-19/h8-11,13-16,18,21,43H,4-7,12,17H2,1-3H3,(H,36,38)(H,39,44)/t21-/m1/s1. The topological polar surface area (TPSA) is 130 Å². The molecule has 234 valence electrons. The first-order chi connectivity index (χ1) is 21.4. The number of nitrogens with zero attached hydrogens (tertiary/aromatic N) is 4. The maximum atomic E-state index is 14.3. The van der Waals surface area contributed by atoms with E-state index in [4.69, 9.17) is 21.3 Å². The molecule has 0 unspecified atom stereocenters. The molecule has 3 N–H and O–H groups in total. The average Bonchev–Trinajstić information content (AvgIpc) is 3.85. The largest absolute Gasteiger partial charge is 0.504 e. The summed E-state index contributed by atoms with van der Waals surface area (Å²) in [5.74, 6) is -0.797. The molecule has 1 saturated heterocycles. The lowest BCUT2D eigenvalue weighted by Gasteiger charge is -2.34. The monoisotopic (exact) mass is 632 g/mol. The number of phenols is 1. The number of carbonyl (C=O) groups is 2. The fourth-order valence-corrected chi connectivity index (χ4v) is 5.60. The summed E-state index contributed by atoms with van der Waals surface area (Å²) >= 11 is 6.03. The second kappa shape index (κ2) is 12.1. The van der Waals surface area contributed by atoms with Gasteiger partial charge in [-0.1, -0.05) is 11.6 Å². The predicted molar refractivity (Wildman–Crippen MR) is 171 cm³/mol. The Morgan fingerprint density at radius 3 is 2.58 bits per heavy atom. The van der Waals surface area contributed by atoms with Crippen molar-refractivity contribution in [3.8, 4) is 17.0 Å². The third-order valence-electron chi connectivity index (χ3n) is 7.72. The van der Waals surface area contributed by atoms with E-state index in [9.17, 15) is 19.1 Å². The van der Waals surface area contributed by atoms with Crippen molar-refractivity contribution in [2.45, 2.75) is 58.1 Å². The molecule has 2 aliphatic rings. The van der Waals surface area contributed by atoms with Crippen molar-refractivity contribution >= 4 is 51.7 Å². The van der Waals surface area contributed by atoms with Gasteiger partial charge in [0.1, 0.15) is 16.9 Å². The Balaban J connectivity index is 1.27. The highest BCUT2D eigenvalue weighted by Gasteiger charge is 2.33. The highest BCUT2D eigenvalue weighted by Crippen LogP contribution is 2.38. The molecule has 4 aromatic rings. The number of ketones is 1. The van der Waals surface area contributed by atoms with Gasteiger partial charge in [0, 0.05) is 36.8 Å². The number of aromatic hydroxyl groups is 1. The molecule has 1 atom stereocenters. The zero-order valence-electron chi connectivity index (χ0n) is 25.2. The van der Waals surface area contributed by atoms with Crippen molar-refractivity contribution in [2.24, 2.45) is 5.92 Å². The lowest BCUT2D eigenvalue weighted by Crippen LogP contribution is -2.49. The first kappa shape index (κ1) is 30.5. The molecule has 45 heavy (non-hydrogen) atoms. The molecular formula is C33H34ClFN6O4. The summed E-state index contributed by atoms with van der Waals surface area (Å²) in [6.07, 6.45) is 6.21. The third kappa shape index (κ3) is 6.93. The zero-order valence-corrected chi connectivity index (χ0v) is 26.0. The summed E-state index contributed by atoms with van der Waals surface area (Å²) in [5.41, 5.74) is 2.72. The summed E-state index contributed by atoms with van der Waals surface area (Å²) < 4.78 is 19.7. The molecule has 12 heteroatoms. The Morgan fingerprint density at radius 1 is 1.09 bits per heavy atom. The number of rotatable bonds is 7. The molecule has 1 aliphatic carbocycles. The SMILES string of the molecule is CC(C)(C)OC(=O)N[C@@H]1CCCN(c2ccc(Nc3c(C(=O)C4CC4)cnc4ccc(-c5cc(F)c(O)c(Cl)c5)nc34)cn2)C1. The molecule has 1 aliphatic heterocycles. The summed E-state index contributed by atoms with van der Waals surface area (Å²) in [5, 5.41) is 16.0. The van der Waals surface area contributed by atoms with Crippen LogP contribution in [0.3, 0.4) is 0 Å². The fourth-order valence-electron chi connectivity index (χ4n) is 5.39. The number of nitrogens with one attached hydrogen (secondary N) is 2. The molecule has 4 heterocycles. The van der Waals surface area contributed by atoms with Crippen LogP contribution in [0.5, 0.6) is 5.75 Å². The molecule has 1 saturated carbocycles. The van der Waals surface area contributed by atoms with Gasteiger partial charge in [-0.15, -0.1) is 0 Å². The van der Waals surface area contributed by atoms with Gasteiger partial charge in [-0.2, -0.15) is 0 Å². The minimum atomic E-state index is -0.861. The van der Waals surface area contributed by atoms with E-state index >= 15 is 0 Å². The van der Waals surface area contributed by atoms with E-state index in [2.05, 4.69) is 25.5 Å². The molecule has 2 fully saturated rings. The number of piperidine rings is 1. The van der Waals surface area contributed by atoms with Gasteiger partial charge < -0.3 is 25.4 Å². The van der Waals surface area contributed by atoms with Crippen LogP contribution < -0.4 is 15.5 Å². The van der Waals surface area contributed by atoms with Crippen LogP contribution in [0, 0.1) is 11.7 Å². The quantitative estimate of drug-likeness (QED) is 0.184. The minimum Gasteiger partial charge on any atom is -0.504 e. The highest BCUT2D eigenvalue weighted by atomic mass is 35.5. The number of fused-ring (bicyclic) bond motifs is 1. The first-order valence-electron chi connectivity index (χ1n) is 14.9. The second-order valence-corrected chi connectivity index (χ2v) is 12.9. The van der Waals surface area contributed by atoms with Crippen LogP contribution in [-0.2, 0) is 4.74 Å². The van der Waals surface area contributed by atoms with Crippen molar-refractivity contribution in [3.05, 3.63) is 65.2 Å². The number of anilines is 3. The Labute approximate surface area is 265 Å². The highest BCUT2D eigenvalue weighted by molar-refractivity contribution is 6.32. The van der Waals surface area contributed by atoms with Crippen LogP contribution >= 0.6 is 11.6 Å². The van der Waals surface area contributed by atoms with Gasteiger partial charge in [0.25, 0.3) is 0 Å². The minimum absolute atomic E-state index is 0.0146. The van der Waals surface area contributed by atoms with Gasteiger partial charge in [-0.25, -0.2) is 19.2 Å². The summed E-state index contributed by atoms with van der Waals surface area (Å²) in [7, 11) is 0. The molecule has 0 spiro atoms. The molecular weight excluding hydrogens is 599 g/mol. The number of Topliss-reactive ketones (excluding diaryl/α,β-unsaturated/α-hetero) is 1. The Bertz CT molecular complexity index is 1750. The van der Waals surface area contributed by atoms with Crippen LogP contribution in [0.2, 0.25) is 5.02 Å². The lowest BCUT2D eigenvalue weighted by atomic mass is 10.0. The Hall–Kier alpha value is -4.51. The van der Waals surface area contributed by atoms with Crippen molar-refractivity contribution in [3.63, 3.8) is 0 Å². The van der Waals surface area contributed by atoms with E-state index in [1.165, 1.54) is 6.07 Å². The first-order valence-corrected chi connectivity index (χ1v) is 15.3. The van der Waals surface area contributed by atoms with Crippen LogP contribution in [-0.4, -0.2) is 56.7 Å². The fraction of sp³-hybridized carbons (Fsp3) is 0.364. The van der Waals surface area contributed by atoms with Crippen molar-refractivity contribution < 1.29 is 23.8 Å². The predicted octanol–water partition coefficient (Wildman–Crippen LogP) is 7.02. The van der Waals surface area contributed by atoms with E-state index < -0.39 is 23.3 Å². The molecule has 3 aromatic heterocycles. The molecule has 0 bridgehead atoms.